The molecule has 2 aromatic rings. The summed E-state index contributed by atoms with van der Waals surface area (Å²) in [5.74, 6) is 0. The van der Waals surface area contributed by atoms with E-state index in [0.29, 0.717) is 0 Å². The van der Waals surface area contributed by atoms with Crippen LogP contribution in [0.3, 0.4) is 0 Å². The van der Waals surface area contributed by atoms with Crippen LogP contribution in [-0.4, -0.2) is 38.7 Å². The van der Waals surface area contributed by atoms with E-state index in [-0.39, 0.29) is 12.1 Å². The van der Waals surface area contributed by atoms with Gasteiger partial charge in [-0.3, -0.25) is 14.9 Å². The van der Waals surface area contributed by atoms with Gasteiger partial charge in [-0.15, -0.1) is 0 Å². The number of aliphatic hydroxyl groups excluding tert-OH is 1. The Kier molecular flexibility index (Phi) is 4.04. The molecule has 0 aliphatic carbocycles. The molecule has 20 heavy (non-hydrogen) atoms. The first-order valence-corrected chi connectivity index (χ1v) is 7.04. The van der Waals surface area contributed by atoms with Crippen LogP contribution in [0, 0.1) is 0 Å². The summed E-state index contributed by atoms with van der Waals surface area (Å²) in [7, 11) is 0. The molecule has 1 aliphatic rings. The molecule has 0 bridgehead atoms. The molecule has 2 aromatic heterocycles. The quantitative estimate of drug-likeness (QED) is 0.917. The van der Waals surface area contributed by atoms with Crippen LogP contribution in [0.1, 0.15) is 17.7 Å². The monoisotopic (exact) mass is 269 g/mol. The van der Waals surface area contributed by atoms with Crippen molar-refractivity contribution in [1.82, 2.24) is 14.9 Å². The van der Waals surface area contributed by atoms with E-state index in [4.69, 9.17) is 0 Å². The number of aromatic nitrogens is 2. The molecule has 0 amide bonds. The molecule has 1 fully saturated rings. The number of hydrogen-bond donors (Lipinski definition) is 1. The molecule has 1 N–H and O–H groups in total. The number of rotatable bonds is 4. The zero-order valence-corrected chi connectivity index (χ0v) is 11.4. The van der Waals surface area contributed by atoms with Crippen molar-refractivity contribution < 1.29 is 5.11 Å². The fraction of sp³-hybridized carbons (Fsp3) is 0.375. The van der Waals surface area contributed by atoms with E-state index < -0.39 is 0 Å². The second-order valence-electron chi connectivity index (χ2n) is 5.28. The van der Waals surface area contributed by atoms with E-state index >= 15 is 0 Å². The fourth-order valence-corrected chi connectivity index (χ4v) is 2.82. The van der Waals surface area contributed by atoms with E-state index in [1.807, 2.05) is 36.7 Å². The normalized spacial score (nSPS) is 23.1. The molecule has 0 spiro atoms. The minimum atomic E-state index is -0.265. The van der Waals surface area contributed by atoms with E-state index in [1.54, 1.807) is 6.20 Å². The smallest absolute Gasteiger partial charge is 0.0711 e. The number of likely N-dealkylation sites (tertiary alicyclic amines) is 1. The second-order valence-corrected chi connectivity index (χ2v) is 5.28. The van der Waals surface area contributed by atoms with Crippen LogP contribution in [0.2, 0.25) is 0 Å². The van der Waals surface area contributed by atoms with Crippen molar-refractivity contribution in [2.24, 2.45) is 0 Å². The Morgan fingerprint density at radius 2 is 2.15 bits per heavy atom. The first-order valence-electron chi connectivity index (χ1n) is 7.04. The van der Waals surface area contributed by atoms with Gasteiger partial charge in [0.2, 0.25) is 0 Å². The number of pyridine rings is 2. The van der Waals surface area contributed by atoms with Gasteiger partial charge >= 0.3 is 0 Å². The van der Waals surface area contributed by atoms with Crippen LogP contribution in [0.4, 0.5) is 0 Å². The molecular weight excluding hydrogens is 250 g/mol. The molecule has 1 aliphatic heterocycles. The third-order valence-corrected chi connectivity index (χ3v) is 3.88. The van der Waals surface area contributed by atoms with Gasteiger partial charge in [-0.1, -0.05) is 12.1 Å². The van der Waals surface area contributed by atoms with Crippen LogP contribution < -0.4 is 0 Å². The summed E-state index contributed by atoms with van der Waals surface area (Å²) in [5, 5.41) is 10.2. The minimum Gasteiger partial charge on any atom is -0.391 e. The maximum absolute atomic E-state index is 10.2. The van der Waals surface area contributed by atoms with Crippen LogP contribution in [0.5, 0.6) is 0 Å². The zero-order chi connectivity index (χ0) is 13.8. The average Bonchev–Trinajstić information content (AvgIpc) is 2.83. The lowest BCUT2D eigenvalue weighted by Crippen LogP contribution is -2.36. The van der Waals surface area contributed by atoms with E-state index in [9.17, 15) is 5.11 Å². The molecule has 1 saturated heterocycles. The van der Waals surface area contributed by atoms with E-state index in [0.717, 1.165) is 31.6 Å². The Balaban J connectivity index is 1.70. The third-order valence-electron chi connectivity index (χ3n) is 3.88. The average molecular weight is 269 g/mol. The van der Waals surface area contributed by atoms with Crippen molar-refractivity contribution in [3.8, 4) is 0 Å². The largest absolute Gasteiger partial charge is 0.391 e. The lowest BCUT2D eigenvalue weighted by atomic mass is 10.0. The van der Waals surface area contributed by atoms with Crippen molar-refractivity contribution in [1.29, 1.82) is 0 Å². The van der Waals surface area contributed by atoms with Gasteiger partial charge < -0.3 is 5.11 Å². The highest BCUT2D eigenvalue weighted by molar-refractivity contribution is 5.12. The van der Waals surface area contributed by atoms with Gasteiger partial charge in [-0.05, 0) is 36.6 Å². The van der Waals surface area contributed by atoms with Crippen molar-refractivity contribution >= 4 is 0 Å². The number of nitrogens with zero attached hydrogens (tertiary/aromatic N) is 3. The molecule has 3 heterocycles. The molecular formula is C16H19N3O. The summed E-state index contributed by atoms with van der Waals surface area (Å²) in [4.78, 5) is 10.8. The molecule has 3 rings (SSSR count). The fourth-order valence-electron chi connectivity index (χ4n) is 2.82. The topological polar surface area (TPSA) is 49.2 Å². The Morgan fingerprint density at radius 1 is 1.20 bits per heavy atom. The Bertz CT molecular complexity index is 532. The molecule has 0 unspecified atom stereocenters. The molecule has 4 nitrogen and oxygen atoms in total. The van der Waals surface area contributed by atoms with Crippen LogP contribution >= 0.6 is 0 Å². The number of hydrogen-bond acceptors (Lipinski definition) is 4. The molecule has 0 saturated carbocycles. The summed E-state index contributed by atoms with van der Waals surface area (Å²) in [5.41, 5.74) is 2.22. The Morgan fingerprint density at radius 3 is 2.90 bits per heavy atom. The summed E-state index contributed by atoms with van der Waals surface area (Å²) in [6.07, 6.45) is 6.88. The predicted molar refractivity (Wildman–Crippen MR) is 77.0 cm³/mol. The highest BCUT2D eigenvalue weighted by Crippen LogP contribution is 2.23. The molecule has 2 atom stereocenters. The summed E-state index contributed by atoms with van der Waals surface area (Å²) in [6.45, 7) is 1.71. The van der Waals surface area contributed by atoms with Gasteiger partial charge in [0.1, 0.15) is 0 Å². The van der Waals surface area contributed by atoms with Crippen molar-refractivity contribution in [2.45, 2.75) is 31.5 Å². The molecule has 4 heteroatoms. The first kappa shape index (κ1) is 13.2. The van der Waals surface area contributed by atoms with Crippen LogP contribution in [0.15, 0.2) is 48.9 Å². The van der Waals surface area contributed by atoms with E-state index in [2.05, 4.69) is 20.9 Å². The number of aliphatic hydroxyl groups is 1. The Labute approximate surface area is 119 Å². The van der Waals surface area contributed by atoms with Gasteiger partial charge in [0.25, 0.3) is 0 Å². The molecule has 0 aromatic carbocycles. The Hall–Kier alpha value is -1.78. The summed E-state index contributed by atoms with van der Waals surface area (Å²) >= 11 is 0. The lowest BCUT2D eigenvalue weighted by Gasteiger charge is -2.25. The van der Waals surface area contributed by atoms with Gasteiger partial charge in [0.15, 0.2) is 0 Å². The van der Waals surface area contributed by atoms with Crippen LogP contribution in [0.25, 0.3) is 0 Å². The zero-order valence-electron chi connectivity index (χ0n) is 11.4. The standard InChI is InChI=1S/C16H19N3O/c20-16-6-9-19(12-14-5-1-2-8-18-14)15(16)10-13-4-3-7-17-11-13/h1-5,7-8,11,15-16,20H,6,9-10,12H2/t15-,16-/m1/s1. The third kappa shape index (κ3) is 3.03. The van der Waals surface area contributed by atoms with Gasteiger partial charge in [0.05, 0.1) is 11.8 Å². The predicted octanol–water partition coefficient (Wildman–Crippen LogP) is 1.65. The van der Waals surface area contributed by atoms with Crippen molar-refractivity contribution in [3.63, 3.8) is 0 Å². The highest BCUT2D eigenvalue weighted by Gasteiger charge is 2.32. The highest BCUT2D eigenvalue weighted by atomic mass is 16.3. The SMILES string of the molecule is O[C@@H]1CCN(Cc2ccccn2)[C@@H]1Cc1cccnc1. The van der Waals surface area contributed by atoms with Crippen molar-refractivity contribution in [3.05, 3.63) is 60.2 Å². The van der Waals surface area contributed by atoms with Gasteiger partial charge in [-0.25, -0.2) is 0 Å². The van der Waals surface area contributed by atoms with Gasteiger partial charge in [0, 0.05) is 37.7 Å². The first-order chi connectivity index (χ1) is 9.83. The van der Waals surface area contributed by atoms with E-state index in [1.165, 1.54) is 5.56 Å². The lowest BCUT2D eigenvalue weighted by molar-refractivity contribution is 0.112. The second kappa shape index (κ2) is 6.11. The maximum atomic E-state index is 10.2. The molecule has 0 radical (unpaired) electrons. The summed E-state index contributed by atoms with van der Waals surface area (Å²) in [6, 6.07) is 10.1. The van der Waals surface area contributed by atoms with Crippen LogP contribution in [-0.2, 0) is 13.0 Å². The summed E-state index contributed by atoms with van der Waals surface area (Å²) < 4.78 is 0. The maximum Gasteiger partial charge on any atom is 0.0711 e. The van der Waals surface area contributed by atoms with Gasteiger partial charge in [-0.2, -0.15) is 0 Å². The van der Waals surface area contributed by atoms with Crippen molar-refractivity contribution in [2.75, 3.05) is 6.54 Å². The minimum absolute atomic E-state index is 0.154. The molecule has 104 valence electrons.